The molecule has 0 bridgehead atoms. The summed E-state index contributed by atoms with van der Waals surface area (Å²) < 4.78 is 6.00. The number of ketones is 1. The maximum absolute atomic E-state index is 11.2. The smallest absolute Gasteiger partial charge is 0.161 e. The number of carbonyl (C=O) groups is 1. The Morgan fingerprint density at radius 3 is 2.71 bits per heavy atom. The molecule has 0 aromatic heterocycles. The van der Waals surface area contributed by atoms with E-state index in [2.05, 4.69) is 15.9 Å². The minimum Gasteiger partial charge on any atom is -0.492 e. The zero-order chi connectivity index (χ0) is 10.7. The predicted octanol–water partition coefficient (Wildman–Crippen LogP) is 2.63. The van der Waals surface area contributed by atoms with Gasteiger partial charge in [-0.05, 0) is 41.9 Å². The summed E-state index contributed by atoms with van der Waals surface area (Å²) >= 11 is 3.30. The van der Waals surface area contributed by atoms with Gasteiger partial charge in [-0.15, -0.1) is 0 Å². The standard InChI is InChI=1S/C10H12BrNO2/c1-3-14-10-5-8(11)7(6(2)13)4-9(10)12/h4-5H,3,12H2,1-2H3. The van der Waals surface area contributed by atoms with Gasteiger partial charge >= 0.3 is 0 Å². The molecular formula is C10H12BrNO2. The summed E-state index contributed by atoms with van der Waals surface area (Å²) in [4.78, 5) is 11.2. The number of anilines is 1. The van der Waals surface area contributed by atoms with Gasteiger partial charge < -0.3 is 10.5 Å². The van der Waals surface area contributed by atoms with Crippen molar-refractivity contribution in [1.29, 1.82) is 0 Å². The topological polar surface area (TPSA) is 52.3 Å². The highest BCUT2D eigenvalue weighted by molar-refractivity contribution is 9.10. The molecule has 0 saturated heterocycles. The molecule has 0 aliphatic carbocycles. The average Bonchev–Trinajstić information content (AvgIpc) is 2.10. The van der Waals surface area contributed by atoms with E-state index in [1.807, 2.05) is 6.92 Å². The van der Waals surface area contributed by atoms with Gasteiger partial charge in [-0.1, -0.05) is 0 Å². The van der Waals surface area contributed by atoms with Gasteiger partial charge in [0.1, 0.15) is 5.75 Å². The summed E-state index contributed by atoms with van der Waals surface area (Å²) in [6.07, 6.45) is 0. The van der Waals surface area contributed by atoms with Gasteiger partial charge in [0.15, 0.2) is 5.78 Å². The number of hydrogen-bond donors (Lipinski definition) is 1. The highest BCUT2D eigenvalue weighted by Crippen LogP contribution is 2.29. The monoisotopic (exact) mass is 257 g/mol. The Balaban J connectivity index is 3.17. The van der Waals surface area contributed by atoms with Crippen LogP contribution in [0.2, 0.25) is 0 Å². The number of ether oxygens (including phenoxy) is 1. The molecular weight excluding hydrogens is 246 g/mol. The molecule has 0 fully saturated rings. The van der Waals surface area contributed by atoms with Gasteiger partial charge in [0, 0.05) is 10.0 Å². The molecule has 0 radical (unpaired) electrons. The second-order valence-corrected chi connectivity index (χ2v) is 3.71. The van der Waals surface area contributed by atoms with E-state index in [-0.39, 0.29) is 5.78 Å². The third kappa shape index (κ3) is 2.26. The van der Waals surface area contributed by atoms with E-state index in [0.29, 0.717) is 28.1 Å². The minimum absolute atomic E-state index is 0.0216. The van der Waals surface area contributed by atoms with Gasteiger partial charge in [0.25, 0.3) is 0 Å². The van der Waals surface area contributed by atoms with E-state index in [9.17, 15) is 4.79 Å². The Hall–Kier alpha value is -1.03. The van der Waals surface area contributed by atoms with Crippen LogP contribution in [0.3, 0.4) is 0 Å². The average molecular weight is 258 g/mol. The SMILES string of the molecule is CCOc1cc(Br)c(C(C)=O)cc1N. The normalized spacial score (nSPS) is 9.93. The van der Waals surface area contributed by atoms with Crippen molar-refractivity contribution in [3.8, 4) is 5.75 Å². The third-order valence-electron chi connectivity index (χ3n) is 1.78. The lowest BCUT2D eigenvalue weighted by Gasteiger charge is -2.09. The Labute approximate surface area is 91.4 Å². The third-order valence-corrected chi connectivity index (χ3v) is 2.43. The van der Waals surface area contributed by atoms with E-state index < -0.39 is 0 Å². The summed E-state index contributed by atoms with van der Waals surface area (Å²) in [6.45, 7) is 3.93. The van der Waals surface area contributed by atoms with Crippen molar-refractivity contribution in [3.63, 3.8) is 0 Å². The van der Waals surface area contributed by atoms with E-state index in [4.69, 9.17) is 10.5 Å². The Kier molecular flexibility index (Phi) is 3.52. The van der Waals surface area contributed by atoms with E-state index in [1.54, 1.807) is 12.1 Å². The minimum atomic E-state index is -0.0216. The van der Waals surface area contributed by atoms with Crippen LogP contribution >= 0.6 is 15.9 Å². The van der Waals surface area contributed by atoms with E-state index >= 15 is 0 Å². The van der Waals surface area contributed by atoms with Crippen molar-refractivity contribution < 1.29 is 9.53 Å². The highest BCUT2D eigenvalue weighted by Gasteiger charge is 2.09. The number of hydrogen-bond acceptors (Lipinski definition) is 3. The first-order valence-electron chi connectivity index (χ1n) is 4.29. The second-order valence-electron chi connectivity index (χ2n) is 2.86. The maximum Gasteiger partial charge on any atom is 0.161 e. The summed E-state index contributed by atoms with van der Waals surface area (Å²) in [5.41, 5.74) is 6.78. The molecule has 3 nitrogen and oxygen atoms in total. The summed E-state index contributed by atoms with van der Waals surface area (Å²) in [6, 6.07) is 3.34. The molecule has 0 atom stereocenters. The van der Waals surface area contributed by atoms with Crippen LogP contribution in [0.1, 0.15) is 24.2 Å². The molecule has 0 amide bonds. The first-order chi connectivity index (χ1) is 6.56. The van der Waals surface area contributed by atoms with Gasteiger partial charge in [-0.3, -0.25) is 4.79 Å². The number of carbonyl (C=O) groups excluding carboxylic acids is 1. The summed E-state index contributed by atoms with van der Waals surface area (Å²) in [5, 5.41) is 0. The Morgan fingerprint density at radius 1 is 1.57 bits per heavy atom. The first-order valence-corrected chi connectivity index (χ1v) is 5.08. The molecule has 0 heterocycles. The maximum atomic E-state index is 11.2. The zero-order valence-electron chi connectivity index (χ0n) is 8.13. The predicted molar refractivity (Wildman–Crippen MR) is 59.7 cm³/mol. The molecule has 1 rings (SSSR count). The van der Waals surface area contributed by atoms with Crippen molar-refractivity contribution in [2.24, 2.45) is 0 Å². The lowest BCUT2D eigenvalue weighted by Crippen LogP contribution is -2.01. The molecule has 0 unspecified atom stereocenters. The van der Waals surface area contributed by atoms with Crippen molar-refractivity contribution in [2.45, 2.75) is 13.8 Å². The fourth-order valence-corrected chi connectivity index (χ4v) is 1.72. The fraction of sp³-hybridized carbons (Fsp3) is 0.300. The number of benzene rings is 1. The molecule has 0 aliphatic heterocycles. The van der Waals surface area contributed by atoms with Crippen molar-refractivity contribution in [3.05, 3.63) is 22.2 Å². The largest absolute Gasteiger partial charge is 0.492 e. The molecule has 1 aromatic carbocycles. The van der Waals surface area contributed by atoms with Crippen LogP contribution in [0, 0.1) is 0 Å². The van der Waals surface area contributed by atoms with Crippen LogP contribution in [-0.2, 0) is 0 Å². The van der Waals surface area contributed by atoms with Crippen LogP contribution in [0.5, 0.6) is 5.75 Å². The fourth-order valence-electron chi connectivity index (χ4n) is 1.12. The van der Waals surface area contributed by atoms with Crippen LogP contribution in [0.25, 0.3) is 0 Å². The van der Waals surface area contributed by atoms with Crippen molar-refractivity contribution in [1.82, 2.24) is 0 Å². The van der Waals surface area contributed by atoms with Crippen LogP contribution in [0.15, 0.2) is 16.6 Å². The molecule has 0 saturated carbocycles. The van der Waals surface area contributed by atoms with E-state index in [1.165, 1.54) is 6.92 Å². The Bertz CT molecular complexity index is 363. The van der Waals surface area contributed by atoms with Crippen LogP contribution in [-0.4, -0.2) is 12.4 Å². The highest BCUT2D eigenvalue weighted by atomic mass is 79.9. The first kappa shape index (κ1) is 11.0. The van der Waals surface area contributed by atoms with Gasteiger partial charge in [0.05, 0.1) is 12.3 Å². The zero-order valence-corrected chi connectivity index (χ0v) is 9.72. The number of nitrogens with two attached hydrogens (primary N) is 1. The van der Waals surface area contributed by atoms with Gasteiger partial charge in [-0.2, -0.15) is 0 Å². The Morgan fingerprint density at radius 2 is 2.21 bits per heavy atom. The van der Waals surface area contributed by atoms with Crippen molar-refractivity contribution >= 4 is 27.4 Å². The van der Waals surface area contributed by atoms with Gasteiger partial charge in [-0.25, -0.2) is 0 Å². The van der Waals surface area contributed by atoms with Crippen LogP contribution in [0.4, 0.5) is 5.69 Å². The number of nitrogen functional groups attached to an aromatic ring is 1. The number of Topliss-reactive ketones (excluding diaryl/α,β-unsaturated/α-hetero) is 1. The van der Waals surface area contributed by atoms with E-state index in [0.717, 1.165) is 0 Å². The summed E-state index contributed by atoms with van der Waals surface area (Å²) in [7, 11) is 0. The van der Waals surface area contributed by atoms with Gasteiger partial charge in [0.2, 0.25) is 0 Å². The molecule has 76 valence electrons. The molecule has 0 aliphatic rings. The van der Waals surface area contributed by atoms with Crippen molar-refractivity contribution in [2.75, 3.05) is 12.3 Å². The number of rotatable bonds is 3. The molecule has 14 heavy (non-hydrogen) atoms. The molecule has 4 heteroatoms. The lowest BCUT2D eigenvalue weighted by atomic mass is 10.1. The quantitative estimate of drug-likeness (QED) is 0.669. The lowest BCUT2D eigenvalue weighted by molar-refractivity contribution is 0.101. The molecule has 0 spiro atoms. The number of halogens is 1. The second kappa shape index (κ2) is 4.46. The molecule has 1 aromatic rings. The van der Waals surface area contributed by atoms with Crippen LogP contribution < -0.4 is 10.5 Å². The molecule has 2 N–H and O–H groups in total. The summed E-state index contributed by atoms with van der Waals surface area (Å²) in [5.74, 6) is 0.580.